The number of amides is 1. The van der Waals surface area contributed by atoms with Crippen LogP contribution in [0.5, 0.6) is 0 Å². The van der Waals surface area contributed by atoms with Gasteiger partial charge in [0.05, 0.1) is 4.34 Å². The van der Waals surface area contributed by atoms with E-state index in [0.717, 1.165) is 30.1 Å². The zero-order valence-corrected chi connectivity index (χ0v) is 17.5. The number of thiophene rings is 1. The van der Waals surface area contributed by atoms with Crippen LogP contribution in [0.3, 0.4) is 0 Å². The molecule has 1 aromatic rings. The highest BCUT2D eigenvalue weighted by molar-refractivity contribution is 7.16. The predicted molar refractivity (Wildman–Crippen MR) is 106 cm³/mol. The van der Waals surface area contributed by atoms with E-state index in [-0.39, 0.29) is 18.2 Å². The molecule has 1 fully saturated rings. The Hall–Kier alpha value is -0.780. The van der Waals surface area contributed by atoms with Crippen LogP contribution >= 0.6 is 22.9 Å². The second-order valence-electron chi connectivity index (χ2n) is 7.99. The first-order valence-electron chi connectivity index (χ1n) is 9.16. The van der Waals surface area contributed by atoms with Gasteiger partial charge >= 0.3 is 6.09 Å². The molecule has 0 spiro atoms. The van der Waals surface area contributed by atoms with Crippen molar-refractivity contribution >= 4 is 29.0 Å². The summed E-state index contributed by atoms with van der Waals surface area (Å²) in [5, 5.41) is 3.64. The first-order valence-corrected chi connectivity index (χ1v) is 10.4. The van der Waals surface area contributed by atoms with Crippen molar-refractivity contribution in [3.8, 4) is 0 Å². The van der Waals surface area contributed by atoms with Crippen LogP contribution in [0.15, 0.2) is 12.1 Å². The van der Waals surface area contributed by atoms with Gasteiger partial charge in [0.25, 0.3) is 0 Å². The number of carbonyl (C=O) groups excluding carboxylic acids is 1. The maximum absolute atomic E-state index is 12.5. The lowest BCUT2D eigenvalue weighted by atomic mass is 9.96. The molecular formula is C19H31ClN2O2S. The number of carbonyl (C=O) groups is 1. The average molecular weight is 387 g/mol. The van der Waals surface area contributed by atoms with Gasteiger partial charge < -0.3 is 15.0 Å². The van der Waals surface area contributed by atoms with E-state index in [1.807, 2.05) is 31.7 Å². The third-order valence-corrected chi connectivity index (χ3v) is 5.85. The summed E-state index contributed by atoms with van der Waals surface area (Å²) in [6.07, 6.45) is 4.03. The molecule has 1 saturated heterocycles. The van der Waals surface area contributed by atoms with Crippen LogP contribution < -0.4 is 5.32 Å². The Labute approximate surface area is 160 Å². The molecule has 1 N–H and O–H groups in total. The molecule has 0 bridgehead atoms. The van der Waals surface area contributed by atoms with Crippen molar-refractivity contribution in [2.45, 2.75) is 84.0 Å². The molecule has 1 aliphatic rings. The summed E-state index contributed by atoms with van der Waals surface area (Å²) < 4.78 is 6.41. The Balaban J connectivity index is 1.92. The van der Waals surface area contributed by atoms with Crippen molar-refractivity contribution in [2.24, 2.45) is 0 Å². The van der Waals surface area contributed by atoms with E-state index in [4.69, 9.17) is 16.3 Å². The second kappa shape index (κ2) is 8.74. The molecule has 3 atom stereocenters. The topological polar surface area (TPSA) is 41.6 Å². The van der Waals surface area contributed by atoms with Crippen LogP contribution in [0, 0.1) is 0 Å². The molecule has 1 aromatic heterocycles. The molecule has 3 unspecified atom stereocenters. The molecule has 4 nitrogen and oxygen atoms in total. The van der Waals surface area contributed by atoms with E-state index in [9.17, 15) is 4.79 Å². The fourth-order valence-electron chi connectivity index (χ4n) is 3.35. The Morgan fingerprint density at radius 3 is 2.72 bits per heavy atom. The number of hydrogen-bond donors (Lipinski definition) is 1. The summed E-state index contributed by atoms with van der Waals surface area (Å²) in [5.41, 5.74) is -0.449. The predicted octanol–water partition coefficient (Wildman–Crippen LogP) is 5.62. The fourth-order valence-corrected chi connectivity index (χ4v) is 4.43. The molecule has 0 aliphatic carbocycles. The number of hydrogen-bond acceptors (Lipinski definition) is 4. The molecule has 25 heavy (non-hydrogen) atoms. The second-order valence-corrected chi connectivity index (χ2v) is 9.74. The molecule has 6 heteroatoms. The van der Waals surface area contributed by atoms with Gasteiger partial charge in [0, 0.05) is 29.5 Å². The number of nitrogens with zero attached hydrogens (tertiary/aromatic N) is 1. The van der Waals surface area contributed by atoms with Gasteiger partial charge in [0.2, 0.25) is 0 Å². The summed E-state index contributed by atoms with van der Waals surface area (Å²) in [7, 11) is 0. The number of piperidine rings is 1. The number of rotatable bonds is 5. The Morgan fingerprint density at radius 1 is 1.40 bits per heavy atom. The van der Waals surface area contributed by atoms with E-state index >= 15 is 0 Å². The van der Waals surface area contributed by atoms with Crippen molar-refractivity contribution in [2.75, 3.05) is 6.54 Å². The minimum Gasteiger partial charge on any atom is -0.444 e. The molecule has 2 heterocycles. The molecule has 142 valence electrons. The summed E-state index contributed by atoms with van der Waals surface area (Å²) in [4.78, 5) is 15.7. The highest BCUT2D eigenvalue weighted by Gasteiger charge is 2.31. The van der Waals surface area contributed by atoms with Crippen molar-refractivity contribution in [3.63, 3.8) is 0 Å². The summed E-state index contributed by atoms with van der Waals surface area (Å²) in [6.45, 7) is 10.9. The quantitative estimate of drug-likeness (QED) is 0.713. The summed E-state index contributed by atoms with van der Waals surface area (Å²) in [5.74, 6) is 0. The van der Waals surface area contributed by atoms with Gasteiger partial charge in [-0.25, -0.2) is 4.79 Å². The maximum atomic E-state index is 12.5. The third-order valence-electron chi connectivity index (χ3n) is 4.44. The van der Waals surface area contributed by atoms with Gasteiger partial charge in [0.15, 0.2) is 0 Å². The number of nitrogens with one attached hydrogen (secondary N) is 1. The molecule has 0 aromatic carbocycles. The van der Waals surface area contributed by atoms with Crippen molar-refractivity contribution in [1.82, 2.24) is 10.2 Å². The Morgan fingerprint density at radius 2 is 2.12 bits per heavy atom. The largest absolute Gasteiger partial charge is 0.444 e. The van der Waals surface area contributed by atoms with Crippen molar-refractivity contribution in [3.05, 3.63) is 21.3 Å². The van der Waals surface area contributed by atoms with Gasteiger partial charge in [0.1, 0.15) is 5.60 Å². The number of likely N-dealkylation sites (tertiary alicyclic amines) is 1. The lowest BCUT2D eigenvalue weighted by Gasteiger charge is -2.38. The smallest absolute Gasteiger partial charge is 0.410 e. The van der Waals surface area contributed by atoms with E-state index in [1.54, 1.807) is 11.3 Å². The molecule has 1 aliphatic heterocycles. The SMILES string of the molecule is CC(CC1CCCCN1C(=O)OC(C)(C)C)NC(C)c1ccc(Cl)s1. The van der Waals surface area contributed by atoms with E-state index in [0.29, 0.717) is 6.04 Å². The van der Waals surface area contributed by atoms with Gasteiger partial charge in [-0.2, -0.15) is 0 Å². The van der Waals surface area contributed by atoms with Crippen molar-refractivity contribution < 1.29 is 9.53 Å². The lowest BCUT2D eigenvalue weighted by molar-refractivity contribution is 0.00781. The molecular weight excluding hydrogens is 356 g/mol. The summed E-state index contributed by atoms with van der Waals surface area (Å²) in [6, 6.07) is 4.82. The van der Waals surface area contributed by atoms with Crippen LogP contribution in [-0.4, -0.2) is 35.2 Å². The van der Waals surface area contributed by atoms with Gasteiger partial charge in [-0.3, -0.25) is 0 Å². The molecule has 0 saturated carbocycles. The highest BCUT2D eigenvalue weighted by Crippen LogP contribution is 2.28. The fraction of sp³-hybridized carbons (Fsp3) is 0.737. The average Bonchev–Trinajstić information content (AvgIpc) is 2.92. The van der Waals surface area contributed by atoms with Crippen LogP contribution in [-0.2, 0) is 4.74 Å². The normalized spacial score (nSPS) is 21.0. The zero-order chi connectivity index (χ0) is 18.6. The summed E-state index contributed by atoms with van der Waals surface area (Å²) >= 11 is 7.65. The van der Waals surface area contributed by atoms with Crippen LogP contribution in [0.25, 0.3) is 0 Å². The van der Waals surface area contributed by atoms with Crippen molar-refractivity contribution in [1.29, 1.82) is 0 Å². The molecule has 1 amide bonds. The minimum atomic E-state index is -0.449. The Bertz CT molecular complexity index is 570. The zero-order valence-electron chi connectivity index (χ0n) is 16.0. The standard InChI is InChI=1S/C19H31ClN2O2S/c1-13(21-14(2)16-9-10-17(20)25-16)12-15-8-6-7-11-22(15)18(23)24-19(3,4)5/h9-10,13-15,21H,6-8,11-12H2,1-5H3. The first kappa shape index (κ1) is 20.5. The molecule has 2 rings (SSSR count). The van der Waals surface area contributed by atoms with Crippen LogP contribution in [0.4, 0.5) is 4.79 Å². The monoisotopic (exact) mass is 386 g/mol. The van der Waals surface area contributed by atoms with Crippen LogP contribution in [0.1, 0.15) is 71.2 Å². The Kier molecular flexibility index (Phi) is 7.18. The van der Waals surface area contributed by atoms with E-state index < -0.39 is 5.60 Å². The minimum absolute atomic E-state index is 0.178. The number of ether oxygens (including phenoxy) is 1. The van der Waals surface area contributed by atoms with Gasteiger partial charge in [-0.1, -0.05) is 11.6 Å². The van der Waals surface area contributed by atoms with Crippen LogP contribution in [0.2, 0.25) is 4.34 Å². The maximum Gasteiger partial charge on any atom is 0.410 e. The first-order chi connectivity index (χ1) is 11.7. The highest BCUT2D eigenvalue weighted by atomic mass is 35.5. The lowest BCUT2D eigenvalue weighted by Crippen LogP contribution is -2.48. The van der Waals surface area contributed by atoms with E-state index in [2.05, 4.69) is 25.2 Å². The third kappa shape index (κ3) is 6.46. The van der Waals surface area contributed by atoms with E-state index in [1.165, 1.54) is 11.3 Å². The van der Waals surface area contributed by atoms with Gasteiger partial charge in [-0.05, 0) is 72.4 Å². The number of halogens is 1. The van der Waals surface area contributed by atoms with Gasteiger partial charge in [-0.15, -0.1) is 11.3 Å². The molecule has 0 radical (unpaired) electrons.